The number of nitrogens with zero attached hydrogens (tertiary/aromatic N) is 3. The number of hydrogen-bond donors (Lipinski definition) is 3. The first kappa shape index (κ1) is 43.5. The summed E-state index contributed by atoms with van der Waals surface area (Å²) in [5, 5.41) is 26.3. The molecule has 0 aromatic heterocycles. The molecule has 5 heterocycles. The highest BCUT2D eigenvalue weighted by Gasteiger charge is 2.42. The van der Waals surface area contributed by atoms with Crippen molar-refractivity contribution in [3.63, 3.8) is 0 Å². The van der Waals surface area contributed by atoms with Crippen LogP contribution >= 0.6 is 0 Å². The van der Waals surface area contributed by atoms with E-state index in [0.717, 1.165) is 110 Å². The number of fused-ring (bicyclic) bond motifs is 5. The Balaban J connectivity index is 1.15. The molecular formula is C50H70N4O4. The van der Waals surface area contributed by atoms with Gasteiger partial charge in [-0.05, 0) is 87.0 Å². The zero-order chi connectivity index (χ0) is 41.3. The molecule has 1 fully saturated rings. The minimum Gasteiger partial charge on any atom is -0.511 e. The van der Waals surface area contributed by atoms with Crippen molar-refractivity contribution in [1.29, 1.82) is 0 Å². The van der Waals surface area contributed by atoms with E-state index in [-0.39, 0.29) is 17.8 Å². The van der Waals surface area contributed by atoms with Gasteiger partial charge >= 0.3 is 5.97 Å². The number of ether oxygens (including phenoxy) is 1. The van der Waals surface area contributed by atoms with E-state index >= 15 is 0 Å². The summed E-state index contributed by atoms with van der Waals surface area (Å²) in [6, 6.07) is 0. The van der Waals surface area contributed by atoms with E-state index < -0.39 is 6.10 Å². The monoisotopic (exact) mass is 791 g/mol. The zero-order valence-corrected chi connectivity index (χ0v) is 36.7. The summed E-state index contributed by atoms with van der Waals surface area (Å²) in [6.07, 6.45) is 26.5. The Morgan fingerprint density at radius 1 is 0.810 bits per heavy atom. The Morgan fingerprint density at radius 3 is 2.03 bits per heavy atom. The molecule has 1 saturated heterocycles. The molecule has 0 saturated carbocycles. The highest BCUT2D eigenvalue weighted by atomic mass is 16.5. The first-order valence-electron chi connectivity index (χ1n) is 22.9. The average molecular weight is 791 g/mol. The van der Waals surface area contributed by atoms with Crippen molar-refractivity contribution in [3.05, 3.63) is 91.5 Å². The topological polar surface area (TPSA) is 116 Å². The highest BCUT2D eigenvalue weighted by Crippen LogP contribution is 2.47. The zero-order valence-electron chi connectivity index (χ0n) is 36.7. The molecule has 314 valence electrons. The summed E-state index contributed by atoms with van der Waals surface area (Å²) in [6.45, 7) is 15.1. The number of esters is 1. The van der Waals surface area contributed by atoms with Crippen LogP contribution in [-0.4, -0.2) is 46.0 Å². The van der Waals surface area contributed by atoms with Gasteiger partial charge in [-0.15, -0.1) is 0 Å². The summed E-state index contributed by atoms with van der Waals surface area (Å²) in [5.74, 6) is 0.224. The van der Waals surface area contributed by atoms with E-state index in [9.17, 15) is 15.0 Å². The molecule has 8 nitrogen and oxygen atoms in total. The van der Waals surface area contributed by atoms with Crippen LogP contribution in [0, 0.1) is 11.8 Å². The summed E-state index contributed by atoms with van der Waals surface area (Å²) < 4.78 is 5.78. The number of aliphatic imine (C=N–C) groups is 3. The van der Waals surface area contributed by atoms with Crippen LogP contribution in [0.4, 0.5) is 0 Å². The maximum atomic E-state index is 13.2. The summed E-state index contributed by atoms with van der Waals surface area (Å²) in [4.78, 5) is 28.6. The second-order valence-corrected chi connectivity index (χ2v) is 17.3. The van der Waals surface area contributed by atoms with E-state index in [0.29, 0.717) is 31.6 Å². The van der Waals surface area contributed by atoms with Gasteiger partial charge in [-0.1, -0.05) is 111 Å². The number of hydrogen-bond acceptors (Lipinski definition) is 8. The van der Waals surface area contributed by atoms with Gasteiger partial charge in [0.1, 0.15) is 5.76 Å². The Hall–Kier alpha value is -4.04. The number of nitrogens with one attached hydrogen (secondary N) is 1. The van der Waals surface area contributed by atoms with Crippen molar-refractivity contribution in [1.82, 2.24) is 5.32 Å². The van der Waals surface area contributed by atoms with Crippen LogP contribution in [0.1, 0.15) is 170 Å². The standard InChI is InChI=1S/C50H70N4O4/c1-8-11-12-13-14-15-16-17-18-19-20-21-22-23-26-58-46(57)25-24-37-32(5)40-28-41-33(6)47(34(7)55)44(52-41)29-39-31(4)35(9-2)42(51-39)30-43-36(10-3)48-45(56)27-38(49(37)53-40)50(48)54-43/h28-30,32,34,37,53,55-56H,8-27H2,1-7H3/t32-,34+,37-/m0/s1. The normalized spacial score (nSPS) is 21.8. The third-order valence-electron chi connectivity index (χ3n) is 13.1. The molecule has 0 amide bonds. The molecule has 8 bridgehead atoms. The Kier molecular flexibility index (Phi) is 15.2. The molecule has 1 aliphatic carbocycles. The Morgan fingerprint density at radius 2 is 1.41 bits per heavy atom. The fraction of sp³-hybridized carbons (Fsp3) is 0.600. The molecule has 6 rings (SSSR count). The molecular weight excluding hydrogens is 721 g/mol. The number of aliphatic hydroxyl groups excluding tert-OH is 2. The maximum Gasteiger partial charge on any atom is 0.305 e. The average Bonchev–Trinajstić information content (AvgIpc) is 3.96. The molecule has 58 heavy (non-hydrogen) atoms. The molecule has 0 aromatic carbocycles. The van der Waals surface area contributed by atoms with Crippen molar-refractivity contribution in [3.8, 4) is 0 Å². The first-order chi connectivity index (χ1) is 28.1. The van der Waals surface area contributed by atoms with Gasteiger partial charge in [-0.2, -0.15) is 0 Å². The van der Waals surface area contributed by atoms with Crippen molar-refractivity contribution in [2.45, 2.75) is 177 Å². The van der Waals surface area contributed by atoms with Crippen molar-refractivity contribution < 1.29 is 19.7 Å². The van der Waals surface area contributed by atoms with E-state index in [1.165, 1.54) is 77.0 Å². The van der Waals surface area contributed by atoms with Crippen LogP contribution in [0.2, 0.25) is 0 Å². The van der Waals surface area contributed by atoms with Gasteiger partial charge < -0.3 is 20.3 Å². The molecule has 6 aliphatic rings. The fourth-order valence-electron chi connectivity index (χ4n) is 9.72. The van der Waals surface area contributed by atoms with Crippen LogP contribution in [0.5, 0.6) is 0 Å². The second-order valence-electron chi connectivity index (χ2n) is 17.3. The van der Waals surface area contributed by atoms with Crippen LogP contribution in [0.15, 0.2) is 106 Å². The van der Waals surface area contributed by atoms with E-state index in [2.05, 4.69) is 52.1 Å². The Labute approximate surface area is 348 Å². The predicted octanol–water partition coefficient (Wildman–Crippen LogP) is 12.2. The number of rotatable bonds is 21. The van der Waals surface area contributed by atoms with Crippen molar-refractivity contribution in [2.24, 2.45) is 26.8 Å². The summed E-state index contributed by atoms with van der Waals surface area (Å²) in [7, 11) is 0. The lowest BCUT2D eigenvalue weighted by Crippen LogP contribution is -2.16. The predicted molar refractivity (Wildman–Crippen MR) is 239 cm³/mol. The minimum atomic E-state index is -0.705. The van der Waals surface area contributed by atoms with Crippen molar-refractivity contribution >= 4 is 23.1 Å². The lowest BCUT2D eigenvalue weighted by Gasteiger charge is -2.17. The van der Waals surface area contributed by atoms with Gasteiger partial charge in [0.05, 0.1) is 46.9 Å². The van der Waals surface area contributed by atoms with Gasteiger partial charge in [0, 0.05) is 52.8 Å². The molecule has 3 atom stereocenters. The van der Waals surface area contributed by atoms with Gasteiger partial charge in [0.25, 0.3) is 0 Å². The van der Waals surface area contributed by atoms with E-state index in [1.54, 1.807) is 6.92 Å². The van der Waals surface area contributed by atoms with Gasteiger partial charge in [0.15, 0.2) is 0 Å². The molecule has 3 N–H and O–H groups in total. The molecule has 0 aromatic rings. The van der Waals surface area contributed by atoms with Crippen LogP contribution in [0.3, 0.4) is 0 Å². The molecule has 0 radical (unpaired) electrons. The van der Waals surface area contributed by atoms with Gasteiger partial charge in [-0.25, -0.2) is 15.0 Å². The first-order valence-corrected chi connectivity index (χ1v) is 22.9. The van der Waals surface area contributed by atoms with Crippen LogP contribution in [0.25, 0.3) is 0 Å². The number of unbranched alkanes of at least 4 members (excludes halogenated alkanes) is 13. The maximum absolute atomic E-state index is 13.2. The summed E-state index contributed by atoms with van der Waals surface area (Å²) >= 11 is 0. The minimum absolute atomic E-state index is 0.00995. The fourth-order valence-corrected chi connectivity index (χ4v) is 9.72. The van der Waals surface area contributed by atoms with Gasteiger partial charge in [-0.3, -0.25) is 4.79 Å². The number of aliphatic hydroxyl groups is 2. The third-order valence-corrected chi connectivity index (χ3v) is 13.1. The largest absolute Gasteiger partial charge is 0.511 e. The van der Waals surface area contributed by atoms with Crippen LogP contribution in [-0.2, 0) is 9.53 Å². The number of allylic oxidation sites excluding steroid dienone is 11. The molecule has 5 aliphatic heterocycles. The smallest absolute Gasteiger partial charge is 0.305 e. The van der Waals surface area contributed by atoms with E-state index in [1.807, 2.05) is 13.0 Å². The number of carbonyl (C=O) groups is 1. The lowest BCUT2D eigenvalue weighted by molar-refractivity contribution is -0.144. The Bertz CT molecular complexity index is 1960. The third kappa shape index (κ3) is 9.70. The molecule has 8 heteroatoms. The van der Waals surface area contributed by atoms with Gasteiger partial charge in [0.2, 0.25) is 0 Å². The highest BCUT2D eigenvalue weighted by molar-refractivity contribution is 6.21. The summed E-state index contributed by atoms with van der Waals surface area (Å²) in [5.41, 5.74) is 13.8. The number of carbonyl (C=O) groups excluding carboxylic acids is 1. The lowest BCUT2D eigenvalue weighted by atomic mass is 9.86. The second kappa shape index (κ2) is 20.3. The molecule has 0 unspecified atom stereocenters. The van der Waals surface area contributed by atoms with Crippen molar-refractivity contribution in [2.75, 3.05) is 6.61 Å². The van der Waals surface area contributed by atoms with E-state index in [4.69, 9.17) is 19.7 Å². The molecule has 0 spiro atoms. The SMILES string of the molecule is CCCCCCCCCCCCCCCCOC(=O)CC[C@@H]1C2=C3CC(O)=C4C3=NC(=C4CC)C=C3N=C(C=C4N=C(C=C(N2)[C@H]1C)C(C)=C4[C@@H](C)O)C(C)=C3CC. The van der Waals surface area contributed by atoms with Crippen LogP contribution < -0.4 is 5.32 Å². The quantitative estimate of drug-likeness (QED) is 0.0791.